The van der Waals surface area contributed by atoms with Gasteiger partial charge in [0.25, 0.3) is 5.62 Å². The lowest BCUT2D eigenvalue weighted by Crippen LogP contribution is -2.43. The van der Waals surface area contributed by atoms with Crippen LogP contribution in [0.4, 0.5) is 5.95 Å². The van der Waals surface area contributed by atoms with Gasteiger partial charge in [-0.2, -0.15) is 24.8 Å². The number of amides is 1. The monoisotopic (exact) mass is 490 g/mol. The molecule has 3 aliphatic carbocycles. The maximum Gasteiger partial charge on any atom is 0.326 e. The van der Waals surface area contributed by atoms with Crippen LogP contribution in [0.5, 0.6) is 5.88 Å². The highest BCUT2D eigenvalue weighted by molar-refractivity contribution is 5.88. The van der Waals surface area contributed by atoms with Crippen LogP contribution in [0.25, 0.3) is 11.7 Å². The molecule has 186 valence electrons. The summed E-state index contributed by atoms with van der Waals surface area (Å²) in [6.07, 6.45) is 9.75. The van der Waals surface area contributed by atoms with Crippen molar-refractivity contribution in [3.63, 3.8) is 0 Å². The second-order valence-corrected chi connectivity index (χ2v) is 9.89. The quantitative estimate of drug-likeness (QED) is 0.308. The normalized spacial score (nSPS) is 24.0. The summed E-state index contributed by atoms with van der Waals surface area (Å²) in [5.41, 5.74) is -0.134. The van der Waals surface area contributed by atoms with Crippen LogP contribution in [0.2, 0.25) is 0 Å². The van der Waals surface area contributed by atoms with E-state index in [-0.39, 0.29) is 35.6 Å². The first-order valence-electron chi connectivity index (χ1n) is 12.2. The van der Waals surface area contributed by atoms with E-state index in [0.717, 1.165) is 38.5 Å². The molecule has 0 aliphatic heterocycles. The third kappa shape index (κ3) is 4.30. The van der Waals surface area contributed by atoms with Gasteiger partial charge in [-0.05, 0) is 57.4 Å². The Hall–Kier alpha value is -4.21. The Morgan fingerprint density at radius 1 is 1.19 bits per heavy atom. The standard InChI is InChI=1S/C23H26N10O3/c24-11-23(7-8-23)19(35)26-13-1-3-14(4-2-13)27-20-30-17-12(9-16-18(34)31-22(36)29-16)10-25-33(17)21(32-20)28-15-5-6-15/h9-10,13-15,34H,1-8H2,(H,26,35)(H,27,28,32)(H2,29,31,36)/b12-9+. The van der Waals surface area contributed by atoms with Gasteiger partial charge in [-0.15, -0.1) is 0 Å². The van der Waals surface area contributed by atoms with Crippen LogP contribution in [0.15, 0.2) is 16.0 Å². The molecule has 6 rings (SSSR count). The SMILES string of the molecule is N#CC1(C(=O)NC2CCC(Nc3nc(=NC4CC4)n4nc/c(=C\c5[nH]c(=O)[nH]c5O)c4n3)CC2)CC1. The summed E-state index contributed by atoms with van der Waals surface area (Å²) >= 11 is 0. The first-order valence-corrected chi connectivity index (χ1v) is 12.2. The molecule has 0 radical (unpaired) electrons. The summed E-state index contributed by atoms with van der Waals surface area (Å²) in [6.45, 7) is 0. The minimum absolute atomic E-state index is 0.0671. The number of H-pyrrole nitrogens is 2. The van der Waals surface area contributed by atoms with Crippen molar-refractivity contribution < 1.29 is 9.90 Å². The molecule has 3 saturated carbocycles. The highest BCUT2D eigenvalue weighted by atomic mass is 16.3. The van der Waals surface area contributed by atoms with Gasteiger partial charge >= 0.3 is 5.69 Å². The number of anilines is 1. The van der Waals surface area contributed by atoms with Crippen LogP contribution < -0.4 is 27.2 Å². The number of rotatable bonds is 6. The fraction of sp³-hybridized carbons (Fsp3) is 0.522. The molecule has 3 aromatic heterocycles. The Labute approximate surface area is 204 Å². The molecule has 0 saturated heterocycles. The maximum atomic E-state index is 12.4. The lowest BCUT2D eigenvalue weighted by molar-refractivity contribution is -0.125. The molecule has 3 heterocycles. The van der Waals surface area contributed by atoms with Crippen LogP contribution in [-0.4, -0.2) is 58.7 Å². The molecule has 13 nitrogen and oxygen atoms in total. The lowest BCUT2D eigenvalue weighted by Gasteiger charge is -2.30. The average Bonchev–Trinajstić information content (AvgIpc) is 3.77. The largest absolute Gasteiger partial charge is 0.493 e. The van der Waals surface area contributed by atoms with Crippen LogP contribution >= 0.6 is 0 Å². The van der Waals surface area contributed by atoms with Crippen molar-refractivity contribution in [2.45, 2.75) is 69.5 Å². The predicted octanol–water partition coefficient (Wildman–Crippen LogP) is -0.400. The highest BCUT2D eigenvalue weighted by Crippen LogP contribution is 2.45. The summed E-state index contributed by atoms with van der Waals surface area (Å²) in [5.74, 6) is 0.0273. The van der Waals surface area contributed by atoms with Gasteiger partial charge in [-0.3, -0.25) is 9.78 Å². The van der Waals surface area contributed by atoms with E-state index in [4.69, 9.17) is 0 Å². The molecular weight excluding hydrogens is 464 g/mol. The van der Waals surface area contributed by atoms with Gasteiger partial charge in [0.1, 0.15) is 11.1 Å². The van der Waals surface area contributed by atoms with E-state index in [2.05, 4.69) is 46.7 Å². The number of nitriles is 1. The molecule has 13 heteroatoms. The van der Waals surface area contributed by atoms with E-state index in [1.54, 1.807) is 16.8 Å². The van der Waals surface area contributed by atoms with Gasteiger partial charge in [-0.1, -0.05) is 0 Å². The number of aromatic nitrogens is 6. The Morgan fingerprint density at radius 3 is 2.58 bits per heavy atom. The van der Waals surface area contributed by atoms with Gasteiger partial charge < -0.3 is 20.7 Å². The van der Waals surface area contributed by atoms with E-state index in [1.807, 2.05) is 0 Å². The van der Waals surface area contributed by atoms with Crippen molar-refractivity contribution in [3.8, 4) is 11.9 Å². The Morgan fingerprint density at radius 2 is 1.94 bits per heavy atom. The zero-order valence-corrected chi connectivity index (χ0v) is 19.5. The minimum atomic E-state index is -0.802. The van der Waals surface area contributed by atoms with Crippen molar-refractivity contribution in [1.29, 1.82) is 5.26 Å². The minimum Gasteiger partial charge on any atom is -0.493 e. The van der Waals surface area contributed by atoms with Crippen molar-refractivity contribution in [3.05, 3.63) is 33.2 Å². The molecule has 1 amide bonds. The third-order valence-corrected chi connectivity index (χ3v) is 7.05. The fourth-order valence-electron chi connectivity index (χ4n) is 4.55. The van der Waals surface area contributed by atoms with Crippen LogP contribution in [0.3, 0.4) is 0 Å². The third-order valence-electron chi connectivity index (χ3n) is 7.05. The molecule has 3 aliphatic rings. The van der Waals surface area contributed by atoms with Gasteiger partial charge in [0, 0.05) is 17.3 Å². The van der Waals surface area contributed by atoms with Crippen LogP contribution in [0, 0.1) is 16.7 Å². The summed E-state index contributed by atoms with van der Waals surface area (Å²) in [5, 5.41) is 30.6. The molecule has 3 aromatic rings. The second kappa shape index (κ2) is 8.47. The van der Waals surface area contributed by atoms with E-state index in [9.17, 15) is 20.0 Å². The molecule has 0 unspecified atom stereocenters. The zero-order valence-electron chi connectivity index (χ0n) is 19.5. The number of fused-ring (bicyclic) bond motifs is 1. The van der Waals surface area contributed by atoms with E-state index in [0.29, 0.717) is 35.3 Å². The van der Waals surface area contributed by atoms with Gasteiger partial charge in [-0.25, -0.2) is 9.79 Å². The summed E-state index contributed by atoms with van der Waals surface area (Å²) < 4.78 is 1.56. The maximum absolute atomic E-state index is 12.4. The predicted molar refractivity (Wildman–Crippen MR) is 126 cm³/mol. The van der Waals surface area contributed by atoms with E-state index < -0.39 is 11.1 Å². The number of imidazole rings is 1. The molecule has 0 bridgehead atoms. The number of aromatic amines is 2. The molecule has 5 N–H and O–H groups in total. The fourth-order valence-corrected chi connectivity index (χ4v) is 4.55. The lowest BCUT2D eigenvalue weighted by atomic mass is 9.90. The first kappa shape index (κ1) is 22.3. The van der Waals surface area contributed by atoms with Crippen molar-refractivity contribution in [2.24, 2.45) is 10.4 Å². The topological polar surface area (TPSA) is 189 Å². The number of nitrogens with zero attached hydrogens (tertiary/aromatic N) is 6. The second-order valence-electron chi connectivity index (χ2n) is 9.89. The summed E-state index contributed by atoms with van der Waals surface area (Å²) in [6, 6.07) is 2.56. The average molecular weight is 491 g/mol. The Kier molecular flexibility index (Phi) is 5.24. The van der Waals surface area contributed by atoms with Crippen LogP contribution in [-0.2, 0) is 4.79 Å². The van der Waals surface area contributed by atoms with E-state index in [1.165, 1.54) is 0 Å². The molecule has 0 atom stereocenters. The summed E-state index contributed by atoms with van der Waals surface area (Å²) in [7, 11) is 0. The van der Waals surface area contributed by atoms with Crippen molar-refractivity contribution >= 4 is 23.6 Å². The Balaban J connectivity index is 1.23. The number of hydrogen-bond acceptors (Lipinski definition) is 9. The first-order chi connectivity index (χ1) is 17.4. The highest BCUT2D eigenvalue weighted by Gasteiger charge is 2.51. The number of nitrogens with one attached hydrogen (secondary N) is 4. The summed E-state index contributed by atoms with van der Waals surface area (Å²) in [4.78, 5) is 42.7. The Bertz CT molecular complexity index is 1550. The molecule has 3 fully saturated rings. The molecular formula is C23H26N10O3. The van der Waals surface area contributed by atoms with Gasteiger partial charge in [0.05, 0.1) is 18.3 Å². The number of hydrogen-bond donors (Lipinski definition) is 5. The van der Waals surface area contributed by atoms with Crippen molar-refractivity contribution in [2.75, 3.05) is 5.32 Å². The smallest absolute Gasteiger partial charge is 0.326 e. The molecule has 0 aromatic carbocycles. The van der Waals surface area contributed by atoms with Crippen molar-refractivity contribution in [1.82, 2.24) is 34.9 Å². The molecule has 0 spiro atoms. The zero-order chi connectivity index (χ0) is 24.9. The number of aromatic hydroxyl groups is 1. The number of carbonyl (C=O) groups is 1. The van der Waals surface area contributed by atoms with E-state index >= 15 is 0 Å². The van der Waals surface area contributed by atoms with Gasteiger partial charge in [0.15, 0.2) is 5.65 Å². The van der Waals surface area contributed by atoms with Crippen LogP contribution in [0.1, 0.15) is 57.1 Å². The van der Waals surface area contributed by atoms with Gasteiger partial charge in [0.2, 0.25) is 17.7 Å². The number of carbonyl (C=O) groups excluding carboxylic acids is 1. The molecule has 36 heavy (non-hydrogen) atoms.